The molecule has 4 heteroatoms. The number of nitrogens with zero attached hydrogens (tertiary/aromatic N) is 1. The van der Waals surface area contributed by atoms with Gasteiger partial charge in [0.2, 0.25) is 0 Å². The Bertz CT molecular complexity index is 344. The number of rotatable bonds is 7. The van der Waals surface area contributed by atoms with E-state index in [2.05, 4.69) is 18.9 Å². The predicted molar refractivity (Wildman–Crippen MR) is 72.9 cm³/mol. The van der Waals surface area contributed by atoms with Crippen LogP contribution in [0.1, 0.15) is 19.8 Å². The van der Waals surface area contributed by atoms with Crippen molar-refractivity contribution < 1.29 is 10.2 Å². The number of phenols is 2. The first-order valence-corrected chi connectivity index (χ1v) is 6.95. The Morgan fingerprint density at radius 1 is 1.18 bits per heavy atom. The molecule has 0 bridgehead atoms. The topological polar surface area (TPSA) is 43.7 Å². The second kappa shape index (κ2) is 7.45. The normalized spacial score (nSPS) is 11.0. The molecule has 0 aliphatic heterocycles. The van der Waals surface area contributed by atoms with E-state index in [1.807, 2.05) is 6.07 Å². The van der Waals surface area contributed by atoms with Crippen molar-refractivity contribution in [2.45, 2.75) is 24.7 Å². The Hall–Kier alpha value is -0.870. The zero-order valence-electron chi connectivity index (χ0n) is 10.5. The fraction of sp³-hybridized carbons (Fsp3) is 0.538. The molecule has 0 spiro atoms. The molecule has 2 N–H and O–H groups in total. The smallest absolute Gasteiger partial charge is 0.158 e. The van der Waals surface area contributed by atoms with Crippen molar-refractivity contribution in [3.8, 4) is 11.5 Å². The summed E-state index contributed by atoms with van der Waals surface area (Å²) >= 11 is 1.69. The van der Waals surface area contributed by atoms with E-state index in [1.54, 1.807) is 17.8 Å². The number of unbranched alkanes of at least 4 members (excludes halogenated alkanes) is 1. The zero-order valence-corrected chi connectivity index (χ0v) is 11.3. The van der Waals surface area contributed by atoms with Crippen molar-refractivity contribution in [1.29, 1.82) is 0 Å². The number of phenolic OH excluding ortho intramolecular Hbond substituents is 2. The maximum Gasteiger partial charge on any atom is 0.158 e. The van der Waals surface area contributed by atoms with Crippen molar-refractivity contribution in [2.24, 2.45) is 0 Å². The molecule has 1 rings (SSSR count). The molecule has 17 heavy (non-hydrogen) atoms. The van der Waals surface area contributed by atoms with Crippen molar-refractivity contribution in [1.82, 2.24) is 4.90 Å². The monoisotopic (exact) mass is 255 g/mol. The minimum absolute atomic E-state index is 0.0469. The van der Waals surface area contributed by atoms with E-state index >= 15 is 0 Å². The van der Waals surface area contributed by atoms with Crippen LogP contribution in [0.2, 0.25) is 0 Å². The molecule has 1 aromatic carbocycles. The number of aromatic hydroxyl groups is 2. The highest BCUT2D eigenvalue weighted by atomic mass is 32.2. The summed E-state index contributed by atoms with van der Waals surface area (Å²) in [6, 6.07) is 4.95. The fourth-order valence-electron chi connectivity index (χ4n) is 1.45. The molecule has 0 unspecified atom stereocenters. The van der Waals surface area contributed by atoms with Crippen LogP contribution in [-0.4, -0.2) is 41.0 Å². The molecule has 0 fully saturated rings. The lowest BCUT2D eigenvalue weighted by Gasteiger charge is -2.15. The highest BCUT2D eigenvalue weighted by Crippen LogP contribution is 2.29. The Balaban J connectivity index is 2.28. The lowest BCUT2D eigenvalue weighted by atomic mass is 10.3. The zero-order chi connectivity index (χ0) is 12.7. The summed E-state index contributed by atoms with van der Waals surface area (Å²) in [4.78, 5) is 3.31. The highest BCUT2D eigenvalue weighted by molar-refractivity contribution is 7.99. The largest absolute Gasteiger partial charge is 0.504 e. The van der Waals surface area contributed by atoms with Gasteiger partial charge < -0.3 is 15.1 Å². The molecule has 0 amide bonds. The molecule has 0 saturated heterocycles. The second-order valence-corrected chi connectivity index (χ2v) is 5.32. The number of hydrogen-bond acceptors (Lipinski definition) is 4. The molecule has 96 valence electrons. The van der Waals surface area contributed by atoms with Gasteiger partial charge in [-0.2, -0.15) is 0 Å². The van der Waals surface area contributed by atoms with Crippen LogP contribution in [-0.2, 0) is 0 Å². The van der Waals surface area contributed by atoms with Crippen LogP contribution in [0.4, 0.5) is 0 Å². The molecular formula is C13H21NO2S. The lowest BCUT2D eigenvalue weighted by Crippen LogP contribution is -2.22. The molecule has 1 aromatic rings. The average Bonchev–Trinajstić information content (AvgIpc) is 2.31. The molecule has 0 radical (unpaired) electrons. The van der Waals surface area contributed by atoms with E-state index < -0.39 is 0 Å². The van der Waals surface area contributed by atoms with Crippen LogP contribution in [0.15, 0.2) is 23.1 Å². The highest BCUT2D eigenvalue weighted by Gasteiger charge is 2.02. The van der Waals surface area contributed by atoms with Crippen LogP contribution in [0.25, 0.3) is 0 Å². The number of benzene rings is 1. The van der Waals surface area contributed by atoms with Gasteiger partial charge in [0, 0.05) is 17.2 Å². The summed E-state index contributed by atoms with van der Waals surface area (Å²) in [6.07, 6.45) is 2.46. The predicted octanol–water partition coefficient (Wildman–Crippen LogP) is 2.92. The maximum absolute atomic E-state index is 9.35. The van der Waals surface area contributed by atoms with E-state index in [1.165, 1.54) is 18.9 Å². The molecule has 0 aromatic heterocycles. The molecule has 0 aliphatic carbocycles. The first-order chi connectivity index (χ1) is 8.13. The summed E-state index contributed by atoms with van der Waals surface area (Å²) in [5.74, 6) is 0.883. The maximum atomic E-state index is 9.35. The van der Waals surface area contributed by atoms with E-state index in [9.17, 15) is 10.2 Å². The Morgan fingerprint density at radius 2 is 1.94 bits per heavy atom. The van der Waals surface area contributed by atoms with Gasteiger partial charge in [0.15, 0.2) is 11.5 Å². The van der Waals surface area contributed by atoms with Crippen molar-refractivity contribution in [3.63, 3.8) is 0 Å². The minimum atomic E-state index is -0.0607. The Morgan fingerprint density at radius 3 is 2.59 bits per heavy atom. The van der Waals surface area contributed by atoms with Gasteiger partial charge in [-0.05, 0) is 38.2 Å². The summed E-state index contributed by atoms with van der Waals surface area (Å²) in [5, 5.41) is 18.5. The van der Waals surface area contributed by atoms with Crippen molar-refractivity contribution >= 4 is 11.8 Å². The van der Waals surface area contributed by atoms with E-state index in [0.29, 0.717) is 0 Å². The van der Waals surface area contributed by atoms with Crippen LogP contribution in [0.3, 0.4) is 0 Å². The van der Waals surface area contributed by atoms with Gasteiger partial charge in [-0.15, -0.1) is 11.8 Å². The lowest BCUT2D eigenvalue weighted by molar-refractivity contribution is 0.348. The van der Waals surface area contributed by atoms with Crippen LogP contribution in [0.5, 0.6) is 11.5 Å². The summed E-state index contributed by atoms with van der Waals surface area (Å²) in [5.41, 5.74) is 0. The van der Waals surface area contributed by atoms with Gasteiger partial charge in [0.25, 0.3) is 0 Å². The molecule has 0 atom stereocenters. The van der Waals surface area contributed by atoms with Crippen LogP contribution >= 0.6 is 11.8 Å². The molecular weight excluding hydrogens is 234 g/mol. The van der Waals surface area contributed by atoms with E-state index in [4.69, 9.17) is 0 Å². The summed E-state index contributed by atoms with van der Waals surface area (Å²) in [6.45, 7) is 4.37. The molecule has 0 saturated carbocycles. The van der Waals surface area contributed by atoms with Gasteiger partial charge in [0.05, 0.1) is 0 Å². The second-order valence-electron chi connectivity index (χ2n) is 4.16. The third kappa shape index (κ3) is 5.33. The van der Waals surface area contributed by atoms with Crippen molar-refractivity contribution in [2.75, 3.05) is 25.9 Å². The quantitative estimate of drug-likeness (QED) is 0.581. The van der Waals surface area contributed by atoms with Crippen LogP contribution in [0, 0.1) is 0 Å². The van der Waals surface area contributed by atoms with E-state index in [0.717, 1.165) is 23.7 Å². The van der Waals surface area contributed by atoms with Gasteiger partial charge in [0.1, 0.15) is 0 Å². The van der Waals surface area contributed by atoms with E-state index in [-0.39, 0.29) is 11.5 Å². The minimum Gasteiger partial charge on any atom is -0.504 e. The van der Waals surface area contributed by atoms with Gasteiger partial charge in [-0.3, -0.25) is 0 Å². The Labute approximate surface area is 107 Å². The standard InChI is InChI=1S/C13H21NO2S/c1-3-4-7-14(2)8-9-17-11-5-6-12(15)13(16)10-11/h5-6,10,15-16H,3-4,7-9H2,1-2H3. The molecule has 3 nitrogen and oxygen atoms in total. The van der Waals surface area contributed by atoms with Gasteiger partial charge in [-0.25, -0.2) is 0 Å². The summed E-state index contributed by atoms with van der Waals surface area (Å²) in [7, 11) is 2.13. The van der Waals surface area contributed by atoms with Gasteiger partial charge >= 0.3 is 0 Å². The first kappa shape index (κ1) is 14.2. The fourth-order valence-corrected chi connectivity index (χ4v) is 2.45. The van der Waals surface area contributed by atoms with Crippen molar-refractivity contribution in [3.05, 3.63) is 18.2 Å². The molecule has 0 heterocycles. The third-order valence-corrected chi connectivity index (χ3v) is 3.56. The SMILES string of the molecule is CCCCN(C)CCSc1ccc(O)c(O)c1. The number of thioether (sulfide) groups is 1. The summed E-state index contributed by atoms with van der Waals surface area (Å²) < 4.78 is 0. The Kier molecular flexibility index (Phi) is 6.22. The van der Waals surface area contributed by atoms with Crippen LogP contribution < -0.4 is 0 Å². The number of hydrogen-bond donors (Lipinski definition) is 2. The average molecular weight is 255 g/mol. The first-order valence-electron chi connectivity index (χ1n) is 5.96. The molecule has 0 aliphatic rings. The third-order valence-electron chi connectivity index (χ3n) is 2.58. The van der Waals surface area contributed by atoms with Gasteiger partial charge in [-0.1, -0.05) is 13.3 Å².